The molecule has 0 saturated carbocycles. The van der Waals surface area contributed by atoms with Gasteiger partial charge in [-0.15, -0.1) is 0 Å². The molecule has 1 aromatic carbocycles. The number of aryl methyl sites for hydroxylation is 1. The summed E-state index contributed by atoms with van der Waals surface area (Å²) in [7, 11) is 2.16. The first-order valence-corrected chi connectivity index (χ1v) is 6.43. The molecule has 2 nitrogen and oxygen atoms in total. The first-order chi connectivity index (χ1) is 7.96. The smallest absolute Gasteiger partial charge is 0.0230 e. The molecule has 0 heterocycles. The Labute approximate surface area is 106 Å². The topological polar surface area (TPSA) is 29.3 Å². The normalized spacial score (nSPS) is 12.1. The van der Waals surface area contributed by atoms with Crippen molar-refractivity contribution in [2.75, 3.05) is 20.1 Å². The predicted octanol–water partition coefficient (Wildman–Crippen LogP) is 2.67. The summed E-state index contributed by atoms with van der Waals surface area (Å²) < 4.78 is 0. The van der Waals surface area contributed by atoms with Crippen LogP contribution in [0.1, 0.15) is 31.9 Å². The minimum atomic E-state index is 0.193. The average molecular weight is 234 g/mol. The number of rotatable bonds is 6. The predicted molar refractivity (Wildman–Crippen MR) is 75.0 cm³/mol. The maximum Gasteiger partial charge on any atom is 0.0230 e. The second-order valence-electron chi connectivity index (χ2n) is 5.71. The lowest BCUT2D eigenvalue weighted by Crippen LogP contribution is -2.36. The summed E-state index contributed by atoms with van der Waals surface area (Å²) >= 11 is 0. The summed E-state index contributed by atoms with van der Waals surface area (Å²) in [4.78, 5) is 2.34. The van der Waals surface area contributed by atoms with Crippen LogP contribution >= 0.6 is 0 Å². The highest BCUT2D eigenvalue weighted by molar-refractivity contribution is 5.22. The van der Waals surface area contributed by atoms with Crippen LogP contribution in [0.15, 0.2) is 24.3 Å². The highest BCUT2D eigenvalue weighted by Crippen LogP contribution is 2.15. The molecule has 0 aromatic heterocycles. The van der Waals surface area contributed by atoms with Gasteiger partial charge in [-0.2, -0.15) is 0 Å². The van der Waals surface area contributed by atoms with Crippen LogP contribution in [0.2, 0.25) is 0 Å². The van der Waals surface area contributed by atoms with E-state index < -0.39 is 0 Å². The van der Waals surface area contributed by atoms with Crippen LogP contribution < -0.4 is 5.73 Å². The maximum absolute atomic E-state index is 5.76. The Morgan fingerprint density at radius 2 is 1.65 bits per heavy atom. The molecule has 2 heteroatoms. The Morgan fingerprint density at radius 3 is 2.12 bits per heavy atom. The number of hydrogen-bond acceptors (Lipinski definition) is 2. The van der Waals surface area contributed by atoms with Crippen molar-refractivity contribution >= 4 is 0 Å². The quantitative estimate of drug-likeness (QED) is 0.820. The zero-order valence-electron chi connectivity index (χ0n) is 11.7. The molecule has 0 bridgehead atoms. The van der Waals surface area contributed by atoms with Crippen LogP contribution in [0.3, 0.4) is 0 Å². The molecular weight excluding hydrogens is 208 g/mol. The van der Waals surface area contributed by atoms with Gasteiger partial charge in [0.2, 0.25) is 0 Å². The molecule has 0 fully saturated rings. The molecule has 0 aliphatic carbocycles. The Morgan fingerprint density at radius 1 is 1.12 bits per heavy atom. The number of benzene rings is 1. The van der Waals surface area contributed by atoms with E-state index in [1.54, 1.807) is 0 Å². The van der Waals surface area contributed by atoms with E-state index in [0.717, 1.165) is 26.1 Å². The molecular formula is C15H26N2. The van der Waals surface area contributed by atoms with E-state index in [4.69, 9.17) is 5.73 Å². The Kier molecular flexibility index (Phi) is 5.16. The Hall–Kier alpha value is -0.860. The Balaban J connectivity index is 2.52. The van der Waals surface area contributed by atoms with E-state index in [0.29, 0.717) is 0 Å². The maximum atomic E-state index is 5.76. The molecule has 0 radical (unpaired) electrons. The highest BCUT2D eigenvalue weighted by Gasteiger charge is 2.17. The molecule has 1 aromatic rings. The fraction of sp³-hybridized carbons (Fsp3) is 0.600. The molecule has 17 heavy (non-hydrogen) atoms. The molecule has 0 spiro atoms. The molecule has 0 atom stereocenters. The van der Waals surface area contributed by atoms with Gasteiger partial charge in [0.05, 0.1) is 0 Å². The van der Waals surface area contributed by atoms with Gasteiger partial charge in [0, 0.05) is 13.1 Å². The standard InChI is InChI=1S/C15H26N2/c1-5-13-6-8-14(9-7-13)10-17(4)12-15(2,3)11-16/h6-9H,5,10-12,16H2,1-4H3. The first-order valence-electron chi connectivity index (χ1n) is 6.43. The van der Waals surface area contributed by atoms with Crippen molar-refractivity contribution in [3.8, 4) is 0 Å². The van der Waals surface area contributed by atoms with Gasteiger partial charge in [0.15, 0.2) is 0 Å². The minimum absolute atomic E-state index is 0.193. The molecule has 0 amide bonds. The van der Waals surface area contributed by atoms with E-state index >= 15 is 0 Å². The van der Waals surface area contributed by atoms with Crippen molar-refractivity contribution in [2.24, 2.45) is 11.1 Å². The van der Waals surface area contributed by atoms with Crippen molar-refractivity contribution in [1.29, 1.82) is 0 Å². The molecule has 1 rings (SSSR count). The highest BCUT2D eigenvalue weighted by atomic mass is 15.1. The summed E-state index contributed by atoms with van der Waals surface area (Å²) in [5.41, 5.74) is 8.73. The second-order valence-corrected chi connectivity index (χ2v) is 5.71. The molecule has 0 aliphatic heterocycles. The van der Waals surface area contributed by atoms with Gasteiger partial charge in [-0.3, -0.25) is 0 Å². The lowest BCUT2D eigenvalue weighted by atomic mass is 9.93. The third-order valence-corrected chi connectivity index (χ3v) is 3.13. The zero-order chi connectivity index (χ0) is 12.9. The van der Waals surface area contributed by atoms with Crippen LogP contribution in [0.5, 0.6) is 0 Å². The molecule has 0 aliphatic rings. The number of nitrogens with two attached hydrogens (primary N) is 1. The SMILES string of the molecule is CCc1ccc(CN(C)CC(C)(C)CN)cc1. The summed E-state index contributed by atoms with van der Waals surface area (Å²) in [5.74, 6) is 0. The van der Waals surface area contributed by atoms with Crippen LogP contribution in [-0.2, 0) is 13.0 Å². The lowest BCUT2D eigenvalue weighted by molar-refractivity contribution is 0.210. The van der Waals surface area contributed by atoms with Gasteiger partial charge in [-0.1, -0.05) is 45.0 Å². The van der Waals surface area contributed by atoms with E-state index in [1.165, 1.54) is 11.1 Å². The average Bonchev–Trinajstić information content (AvgIpc) is 2.29. The third kappa shape index (κ3) is 4.88. The van der Waals surface area contributed by atoms with E-state index in [9.17, 15) is 0 Å². The van der Waals surface area contributed by atoms with Gasteiger partial charge in [-0.25, -0.2) is 0 Å². The van der Waals surface area contributed by atoms with E-state index in [-0.39, 0.29) is 5.41 Å². The fourth-order valence-corrected chi connectivity index (χ4v) is 2.04. The van der Waals surface area contributed by atoms with Crippen LogP contribution in [0.4, 0.5) is 0 Å². The van der Waals surface area contributed by atoms with Gasteiger partial charge in [0.1, 0.15) is 0 Å². The summed E-state index contributed by atoms with van der Waals surface area (Å²) in [6, 6.07) is 8.89. The first kappa shape index (κ1) is 14.2. The molecule has 0 unspecified atom stereocenters. The van der Waals surface area contributed by atoms with Crippen LogP contribution in [-0.4, -0.2) is 25.0 Å². The number of hydrogen-bond donors (Lipinski definition) is 1. The molecule has 2 N–H and O–H groups in total. The minimum Gasteiger partial charge on any atom is -0.330 e. The van der Waals surface area contributed by atoms with Crippen molar-refractivity contribution in [3.05, 3.63) is 35.4 Å². The molecule has 0 saturated heterocycles. The van der Waals surface area contributed by atoms with Crippen molar-refractivity contribution in [2.45, 2.75) is 33.7 Å². The van der Waals surface area contributed by atoms with Gasteiger partial charge < -0.3 is 10.6 Å². The fourth-order valence-electron chi connectivity index (χ4n) is 2.04. The van der Waals surface area contributed by atoms with Gasteiger partial charge >= 0.3 is 0 Å². The lowest BCUT2D eigenvalue weighted by Gasteiger charge is -2.29. The zero-order valence-corrected chi connectivity index (χ0v) is 11.7. The molecule has 96 valence electrons. The van der Waals surface area contributed by atoms with Crippen LogP contribution in [0.25, 0.3) is 0 Å². The summed E-state index contributed by atoms with van der Waals surface area (Å²) in [6.07, 6.45) is 1.11. The Bertz CT molecular complexity index is 327. The third-order valence-electron chi connectivity index (χ3n) is 3.13. The summed E-state index contributed by atoms with van der Waals surface area (Å²) in [5, 5.41) is 0. The van der Waals surface area contributed by atoms with E-state index in [1.807, 2.05) is 0 Å². The van der Waals surface area contributed by atoms with Gasteiger partial charge in [-0.05, 0) is 36.6 Å². The largest absolute Gasteiger partial charge is 0.330 e. The monoisotopic (exact) mass is 234 g/mol. The summed E-state index contributed by atoms with van der Waals surface area (Å²) in [6.45, 7) is 9.36. The van der Waals surface area contributed by atoms with Crippen molar-refractivity contribution in [3.63, 3.8) is 0 Å². The second kappa shape index (κ2) is 6.18. The van der Waals surface area contributed by atoms with Crippen molar-refractivity contribution in [1.82, 2.24) is 4.90 Å². The van der Waals surface area contributed by atoms with Crippen molar-refractivity contribution < 1.29 is 0 Å². The van der Waals surface area contributed by atoms with Crippen LogP contribution in [0, 0.1) is 5.41 Å². The number of nitrogens with zero attached hydrogens (tertiary/aromatic N) is 1. The van der Waals surface area contributed by atoms with E-state index in [2.05, 4.69) is 57.0 Å². The van der Waals surface area contributed by atoms with Gasteiger partial charge in [0.25, 0.3) is 0 Å².